The molecule has 20 heavy (non-hydrogen) atoms. The van der Waals surface area contributed by atoms with Crippen LogP contribution in [-0.2, 0) is 17.9 Å². The Morgan fingerprint density at radius 3 is 2.60 bits per heavy atom. The van der Waals surface area contributed by atoms with Crippen LogP contribution >= 0.6 is 11.6 Å². The summed E-state index contributed by atoms with van der Waals surface area (Å²) in [5, 5.41) is 4.00. The third kappa shape index (κ3) is 3.89. The SMILES string of the molecule is COCc1cccc(CNc2cc(OC)ccc2Cl)c1. The normalized spacial score (nSPS) is 10.3. The van der Waals surface area contributed by atoms with Crippen molar-refractivity contribution < 1.29 is 9.47 Å². The van der Waals surface area contributed by atoms with E-state index in [1.165, 1.54) is 5.56 Å². The summed E-state index contributed by atoms with van der Waals surface area (Å²) < 4.78 is 10.3. The molecule has 0 atom stereocenters. The standard InChI is InChI=1S/C16H18ClNO2/c1-19-11-13-5-3-4-12(8-13)10-18-16-9-14(20-2)6-7-15(16)17/h3-9,18H,10-11H2,1-2H3. The number of rotatable bonds is 6. The van der Waals surface area contributed by atoms with E-state index in [1.807, 2.05) is 30.3 Å². The van der Waals surface area contributed by atoms with Crippen LogP contribution in [0, 0.1) is 0 Å². The lowest BCUT2D eigenvalue weighted by atomic mass is 10.1. The highest BCUT2D eigenvalue weighted by molar-refractivity contribution is 6.33. The van der Waals surface area contributed by atoms with Gasteiger partial charge in [0.2, 0.25) is 0 Å². The number of hydrogen-bond donors (Lipinski definition) is 1. The molecule has 2 aromatic rings. The van der Waals surface area contributed by atoms with Gasteiger partial charge in [-0.25, -0.2) is 0 Å². The van der Waals surface area contributed by atoms with Crippen LogP contribution in [0.1, 0.15) is 11.1 Å². The Balaban J connectivity index is 2.06. The van der Waals surface area contributed by atoms with Gasteiger partial charge in [0, 0.05) is 19.7 Å². The molecule has 0 fully saturated rings. The Labute approximate surface area is 124 Å². The summed E-state index contributed by atoms with van der Waals surface area (Å²) in [7, 11) is 3.34. The Morgan fingerprint density at radius 1 is 1.05 bits per heavy atom. The second-order valence-electron chi connectivity index (χ2n) is 4.45. The van der Waals surface area contributed by atoms with Crippen LogP contribution in [0.25, 0.3) is 0 Å². The number of ether oxygens (including phenoxy) is 2. The average molecular weight is 292 g/mol. The predicted molar refractivity (Wildman–Crippen MR) is 82.5 cm³/mol. The summed E-state index contributed by atoms with van der Waals surface area (Å²) >= 11 is 6.16. The molecular formula is C16H18ClNO2. The van der Waals surface area contributed by atoms with Gasteiger partial charge in [-0.1, -0.05) is 35.9 Å². The number of benzene rings is 2. The van der Waals surface area contributed by atoms with Crippen LogP contribution in [0.2, 0.25) is 5.02 Å². The van der Waals surface area contributed by atoms with E-state index in [-0.39, 0.29) is 0 Å². The molecule has 0 aliphatic heterocycles. The second-order valence-corrected chi connectivity index (χ2v) is 4.86. The fourth-order valence-electron chi connectivity index (χ4n) is 1.96. The van der Waals surface area contributed by atoms with E-state index < -0.39 is 0 Å². The topological polar surface area (TPSA) is 30.5 Å². The van der Waals surface area contributed by atoms with Crippen molar-refractivity contribution in [3.05, 3.63) is 58.6 Å². The summed E-state index contributed by atoms with van der Waals surface area (Å²) in [5.74, 6) is 0.782. The molecule has 2 aromatic carbocycles. The maximum absolute atomic E-state index is 6.16. The molecule has 0 aliphatic carbocycles. The predicted octanol–water partition coefficient (Wildman–Crippen LogP) is 4.11. The van der Waals surface area contributed by atoms with E-state index in [1.54, 1.807) is 14.2 Å². The van der Waals surface area contributed by atoms with Gasteiger partial charge in [-0.3, -0.25) is 0 Å². The lowest BCUT2D eigenvalue weighted by Gasteiger charge is -2.11. The summed E-state index contributed by atoms with van der Waals surface area (Å²) in [6.07, 6.45) is 0. The first-order valence-corrected chi connectivity index (χ1v) is 6.75. The zero-order valence-corrected chi connectivity index (χ0v) is 12.4. The van der Waals surface area contributed by atoms with Crippen LogP contribution in [0.4, 0.5) is 5.69 Å². The number of nitrogens with one attached hydrogen (secondary N) is 1. The van der Waals surface area contributed by atoms with Crippen molar-refractivity contribution in [1.82, 2.24) is 0 Å². The summed E-state index contributed by atoms with van der Waals surface area (Å²) in [6.45, 7) is 1.32. The van der Waals surface area contributed by atoms with Crippen LogP contribution in [-0.4, -0.2) is 14.2 Å². The van der Waals surface area contributed by atoms with E-state index >= 15 is 0 Å². The highest BCUT2D eigenvalue weighted by Gasteiger charge is 2.03. The fourth-order valence-corrected chi connectivity index (χ4v) is 2.14. The molecular weight excluding hydrogens is 274 g/mol. The van der Waals surface area contributed by atoms with Gasteiger partial charge in [0.05, 0.1) is 24.4 Å². The molecule has 0 unspecified atom stereocenters. The third-order valence-corrected chi connectivity index (χ3v) is 3.29. The molecule has 0 saturated carbocycles. The average Bonchev–Trinajstić information content (AvgIpc) is 2.47. The second kappa shape index (κ2) is 7.17. The number of anilines is 1. The van der Waals surface area contributed by atoms with Crippen LogP contribution in [0.5, 0.6) is 5.75 Å². The molecule has 3 nitrogen and oxygen atoms in total. The lowest BCUT2D eigenvalue weighted by molar-refractivity contribution is 0.185. The van der Waals surface area contributed by atoms with Gasteiger partial charge in [-0.05, 0) is 23.3 Å². The summed E-state index contributed by atoms with van der Waals surface area (Å²) in [6, 6.07) is 13.8. The van der Waals surface area contributed by atoms with Gasteiger partial charge in [-0.2, -0.15) is 0 Å². The lowest BCUT2D eigenvalue weighted by Crippen LogP contribution is -2.01. The molecule has 2 rings (SSSR count). The molecule has 4 heteroatoms. The van der Waals surface area contributed by atoms with E-state index in [4.69, 9.17) is 21.1 Å². The first-order chi connectivity index (χ1) is 9.72. The van der Waals surface area contributed by atoms with Crippen LogP contribution in [0.15, 0.2) is 42.5 Å². The van der Waals surface area contributed by atoms with E-state index in [0.29, 0.717) is 18.2 Å². The molecule has 0 spiro atoms. The minimum absolute atomic E-state index is 0.619. The first kappa shape index (κ1) is 14.7. The van der Waals surface area contributed by atoms with E-state index in [0.717, 1.165) is 17.0 Å². The molecule has 0 aromatic heterocycles. The van der Waals surface area contributed by atoms with Crippen molar-refractivity contribution >= 4 is 17.3 Å². The van der Waals surface area contributed by atoms with E-state index in [9.17, 15) is 0 Å². The van der Waals surface area contributed by atoms with Crippen molar-refractivity contribution in [3.63, 3.8) is 0 Å². The smallest absolute Gasteiger partial charge is 0.121 e. The van der Waals surface area contributed by atoms with Gasteiger partial charge < -0.3 is 14.8 Å². The first-order valence-electron chi connectivity index (χ1n) is 6.37. The number of halogens is 1. The zero-order chi connectivity index (χ0) is 14.4. The van der Waals surface area contributed by atoms with Gasteiger partial charge in [0.15, 0.2) is 0 Å². The van der Waals surface area contributed by atoms with Crippen LogP contribution < -0.4 is 10.1 Å². The van der Waals surface area contributed by atoms with Crippen molar-refractivity contribution in [2.45, 2.75) is 13.2 Å². The largest absolute Gasteiger partial charge is 0.497 e. The maximum Gasteiger partial charge on any atom is 0.121 e. The Hall–Kier alpha value is -1.71. The quantitative estimate of drug-likeness (QED) is 0.869. The third-order valence-electron chi connectivity index (χ3n) is 2.96. The molecule has 0 amide bonds. The van der Waals surface area contributed by atoms with Crippen molar-refractivity contribution in [1.29, 1.82) is 0 Å². The molecule has 1 N–H and O–H groups in total. The Morgan fingerprint density at radius 2 is 1.85 bits per heavy atom. The summed E-state index contributed by atoms with van der Waals surface area (Å²) in [4.78, 5) is 0. The fraction of sp³-hybridized carbons (Fsp3) is 0.250. The van der Waals surface area contributed by atoms with Crippen molar-refractivity contribution in [3.8, 4) is 5.75 Å². The summed E-state index contributed by atoms with van der Waals surface area (Å²) in [5.41, 5.74) is 3.20. The van der Waals surface area contributed by atoms with Gasteiger partial charge >= 0.3 is 0 Å². The van der Waals surface area contributed by atoms with Gasteiger partial charge in [-0.15, -0.1) is 0 Å². The molecule has 0 aliphatic rings. The minimum Gasteiger partial charge on any atom is -0.497 e. The van der Waals surface area contributed by atoms with Gasteiger partial charge in [0.1, 0.15) is 5.75 Å². The zero-order valence-electron chi connectivity index (χ0n) is 11.7. The van der Waals surface area contributed by atoms with Crippen molar-refractivity contribution in [2.75, 3.05) is 19.5 Å². The maximum atomic E-state index is 6.16. The Bertz CT molecular complexity index is 572. The molecule has 0 radical (unpaired) electrons. The van der Waals surface area contributed by atoms with E-state index in [2.05, 4.69) is 17.4 Å². The highest BCUT2D eigenvalue weighted by Crippen LogP contribution is 2.27. The van der Waals surface area contributed by atoms with Crippen molar-refractivity contribution in [2.24, 2.45) is 0 Å². The molecule has 106 valence electrons. The molecule has 0 bridgehead atoms. The molecule has 0 saturated heterocycles. The van der Waals surface area contributed by atoms with Crippen LogP contribution in [0.3, 0.4) is 0 Å². The molecule has 0 heterocycles. The Kier molecular flexibility index (Phi) is 5.27. The monoisotopic (exact) mass is 291 g/mol. The minimum atomic E-state index is 0.619. The number of hydrogen-bond acceptors (Lipinski definition) is 3. The highest BCUT2D eigenvalue weighted by atomic mass is 35.5. The number of methoxy groups -OCH3 is 2. The van der Waals surface area contributed by atoms with Gasteiger partial charge in [0.25, 0.3) is 0 Å².